The van der Waals surface area contributed by atoms with Crippen molar-refractivity contribution in [2.45, 2.75) is 25.2 Å². The third kappa shape index (κ3) is 3.82. The predicted octanol–water partition coefficient (Wildman–Crippen LogP) is 1.71. The van der Waals surface area contributed by atoms with Crippen LogP contribution in [-0.2, 0) is 28.3 Å². The van der Waals surface area contributed by atoms with E-state index in [9.17, 15) is 9.90 Å². The van der Waals surface area contributed by atoms with Gasteiger partial charge >= 0.3 is 0 Å². The SMILES string of the molecule is CN1CCC(O)(c2cc(-c3cccc(-c4ccnc(Nc5cc6n(n5)CCOC6)n4)n3)no2)C1=O. The van der Waals surface area contributed by atoms with E-state index in [-0.39, 0.29) is 12.2 Å². The first-order valence-electron chi connectivity index (χ1n) is 11.2. The second kappa shape index (κ2) is 8.25. The van der Waals surface area contributed by atoms with Gasteiger partial charge in [0.2, 0.25) is 11.5 Å². The van der Waals surface area contributed by atoms with Gasteiger partial charge in [0.25, 0.3) is 5.91 Å². The number of fused-ring (bicyclic) bond motifs is 1. The molecule has 0 aliphatic carbocycles. The van der Waals surface area contributed by atoms with E-state index in [2.05, 4.69) is 30.5 Å². The number of aliphatic hydroxyl groups is 1. The molecule has 0 bridgehead atoms. The minimum atomic E-state index is -1.71. The van der Waals surface area contributed by atoms with Crippen LogP contribution in [0.4, 0.5) is 11.8 Å². The molecule has 1 atom stereocenters. The Labute approximate surface area is 199 Å². The molecule has 0 aromatic carbocycles. The van der Waals surface area contributed by atoms with Crippen LogP contribution in [0.1, 0.15) is 17.9 Å². The Morgan fingerprint density at radius 2 is 1.91 bits per heavy atom. The van der Waals surface area contributed by atoms with E-state index in [0.29, 0.717) is 60.8 Å². The van der Waals surface area contributed by atoms with Gasteiger partial charge in [0.05, 0.1) is 42.5 Å². The van der Waals surface area contributed by atoms with Crippen LogP contribution in [0.15, 0.2) is 47.1 Å². The number of carbonyl (C=O) groups is 1. The topological polar surface area (TPSA) is 144 Å². The summed E-state index contributed by atoms with van der Waals surface area (Å²) in [5.74, 6) is 0.732. The average molecular weight is 474 g/mol. The fraction of sp³-hybridized carbons (Fsp3) is 0.304. The first kappa shape index (κ1) is 21.4. The Morgan fingerprint density at radius 3 is 2.71 bits per heavy atom. The number of rotatable bonds is 5. The van der Waals surface area contributed by atoms with Crippen molar-refractivity contribution in [2.75, 3.05) is 25.5 Å². The number of anilines is 2. The molecule has 2 aliphatic rings. The van der Waals surface area contributed by atoms with E-state index in [1.807, 2.05) is 22.9 Å². The van der Waals surface area contributed by atoms with Crippen molar-refractivity contribution in [1.82, 2.24) is 34.8 Å². The molecule has 35 heavy (non-hydrogen) atoms. The molecule has 1 saturated heterocycles. The Morgan fingerprint density at radius 1 is 1.09 bits per heavy atom. The first-order valence-corrected chi connectivity index (χ1v) is 11.2. The van der Waals surface area contributed by atoms with Crippen LogP contribution in [0.2, 0.25) is 0 Å². The molecule has 1 amide bonds. The van der Waals surface area contributed by atoms with Gasteiger partial charge in [-0.2, -0.15) is 5.10 Å². The zero-order chi connectivity index (χ0) is 24.0. The normalized spacial score (nSPS) is 19.7. The maximum atomic E-state index is 12.4. The number of nitrogens with zero attached hydrogens (tertiary/aromatic N) is 7. The molecule has 4 aromatic rings. The molecule has 1 unspecified atom stereocenters. The van der Waals surface area contributed by atoms with Gasteiger partial charge in [-0.1, -0.05) is 11.2 Å². The molecule has 12 nitrogen and oxygen atoms in total. The zero-order valence-corrected chi connectivity index (χ0v) is 18.9. The van der Waals surface area contributed by atoms with E-state index in [1.165, 1.54) is 4.90 Å². The molecule has 12 heteroatoms. The maximum Gasteiger partial charge on any atom is 0.262 e. The van der Waals surface area contributed by atoms with Crippen molar-refractivity contribution in [3.8, 4) is 22.8 Å². The maximum absolute atomic E-state index is 12.4. The van der Waals surface area contributed by atoms with Gasteiger partial charge in [0, 0.05) is 38.3 Å². The summed E-state index contributed by atoms with van der Waals surface area (Å²) < 4.78 is 12.7. The quantitative estimate of drug-likeness (QED) is 0.438. The van der Waals surface area contributed by atoms with Crippen molar-refractivity contribution in [3.63, 3.8) is 0 Å². The molecule has 2 aliphatic heterocycles. The highest BCUT2D eigenvalue weighted by Gasteiger charge is 2.48. The van der Waals surface area contributed by atoms with E-state index >= 15 is 0 Å². The average Bonchev–Trinajstić information content (AvgIpc) is 3.60. The molecule has 0 saturated carbocycles. The van der Waals surface area contributed by atoms with Crippen molar-refractivity contribution in [3.05, 3.63) is 54.0 Å². The number of nitrogens with one attached hydrogen (secondary N) is 1. The van der Waals surface area contributed by atoms with Crippen LogP contribution in [0.25, 0.3) is 22.8 Å². The summed E-state index contributed by atoms with van der Waals surface area (Å²) in [7, 11) is 1.64. The first-order chi connectivity index (χ1) is 17.0. The van der Waals surface area contributed by atoms with Gasteiger partial charge in [0.1, 0.15) is 5.69 Å². The van der Waals surface area contributed by atoms with Crippen LogP contribution >= 0.6 is 0 Å². The highest BCUT2D eigenvalue weighted by atomic mass is 16.5. The lowest BCUT2D eigenvalue weighted by Crippen LogP contribution is -2.35. The summed E-state index contributed by atoms with van der Waals surface area (Å²) in [6.45, 7) is 2.32. The third-order valence-corrected chi connectivity index (χ3v) is 6.16. The zero-order valence-electron chi connectivity index (χ0n) is 18.9. The molecule has 4 aromatic heterocycles. The lowest BCUT2D eigenvalue weighted by atomic mass is 9.98. The smallest absolute Gasteiger partial charge is 0.262 e. The predicted molar refractivity (Wildman–Crippen MR) is 122 cm³/mol. The molecule has 0 radical (unpaired) electrons. The van der Waals surface area contributed by atoms with Gasteiger partial charge in [-0.25, -0.2) is 15.0 Å². The van der Waals surface area contributed by atoms with Gasteiger partial charge in [-0.15, -0.1) is 0 Å². The molecule has 6 heterocycles. The minimum absolute atomic E-state index is 0.107. The van der Waals surface area contributed by atoms with Crippen molar-refractivity contribution in [2.24, 2.45) is 0 Å². The third-order valence-electron chi connectivity index (χ3n) is 6.16. The van der Waals surface area contributed by atoms with Gasteiger partial charge in [-0.3, -0.25) is 9.48 Å². The molecule has 6 rings (SSSR count). The molecule has 0 spiro atoms. The number of likely N-dealkylation sites (N-methyl/N-ethyl adjacent to an activating group) is 1. The van der Waals surface area contributed by atoms with Gasteiger partial charge < -0.3 is 24.6 Å². The van der Waals surface area contributed by atoms with Crippen molar-refractivity contribution >= 4 is 17.7 Å². The van der Waals surface area contributed by atoms with Gasteiger partial charge in [0.15, 0.2) is 11.6 Å². The number of hydrogen-bond acceptors (Lipinski definition) is 10. The molecular weight excluding hydrogens is 452 g/mol. The number of likely N-dealkylation sites (tertiary alicyclic amines) is 1. The second-order valence-electron chi connectivity index (χ2n) is 8.51. The number of aromatic nitrogens is 6. The van der Waals surface area contributed by atoms with Crippen molar-refractivity contribution < 1.29 is 19.2 Å². The Bertz CT molecular complexity index is 1390. The summed E-state index contributed by atoms with van der Waals surface area (Å²) in [6, 6.07) is 10.7. The largest absolute Gasteiger partial charge is 0.373 e. The summed E-state index contributed by atoms with van der Waals surface area (Å²) in [4.78, 5) is 27.4. The number of hydrogen-bond donors (Lipinski definition) is 2. The van der Waals surface area contributed by atoms with E-state index in [1.54, 1.807) is 31.4 Å². The van der Waals surface area contributed by atoms with Gasteiger partial charge in [-0.05, 0) is 18.2 Å². The Balaban J connectivity index is 1.25. The number of ether oxygens (including phenoxy) is 1. The summed E-state index contributed by atoms with van der Waals surface area (Å²) in [5.41, 5.74) is 1.43. The Kier molecular flexibility index (Phi) is 5.04. The second-order valence-corrected chi connectivity index (χ2v) is 8.51. The van der Waals surface area contributed by atoms with Crippen LogP contribution < -0.4 is 5.32 Å². The number of carbonyl (C=O) groups excluding carboxylic acids is 1. The molecule has 2 N–H and O–H groups in total. The lowest BCUT2D eigenvalue weighted by Gasteiger charge is -2.16. The lowest BCUT2D eigenvalue weighted by molar-refractivity contribution is -0.144. The fourth-order valence-corrected chi connectivity index (χ4v) is 4.22. The molecule has 178 valence electrons. The van der Waals surface area contributed by atoms with Crippen molar-refractivity contribution in [1.29, 1.82) is 0 Å². The van der Waals surface area contributed by atoms with E-state index < -0.39 is 11.5 Å². The molecular formula is C23H22N8O4. The standard InChI is InChI=1S/C23H22N8O4/c1-30-8-6-23(33,21(30)32)19-12-18(29-35-19)16-4-2-3-15(25-16)17-5-7-24-22(26-17)27-20-11-14-13-34-10-9-31(14)28-20/h2-5,7,11-12,33H,6,8-10,13H2,1H3,(H,24,26,27,28). The van der Waals surface area contributed by atoms with E-state index in [0.717, 1.165) is 5.69 Å². The highest BCUT2D eigenvalue weighted by molar-refractivity contribution is 5.87. The van der Waals surface area contributed by atoms with Crippen LogP contribution in [-0.4, -0.2) is 66.0 Å². The van der Waals surface area contributed by atoms with E-state index in [4.69, 9.17) is 9.26 Å². The van der Waals surface area contributed by atoms with Crippen LogP contribution in [0.3, 0.4) is 0 Å². The highest BCUT2D eigenvalue weighted by Crippen LogP contribution is 2.34. The van der Waals surface area contributed by atoms with Crippen LogP contribution in [0.5, 0.6) is 0 Å². The fourth-order valence-electron chi connectivity index (χ4n) is 4.22. The molecule has 1 fully saturated rings. The monoisotopic (exact) mass is 474 g/mol. The number of amides is 1. The Hall–Kier alpha value is -4.16. The summed E-state index contributed by atoms with van der Waals surface area (Å²) >= 11 is 0. The minimum Gasteiger partial charge on any atom is -0.373 e. The summed E-state index contributed by atoms with van der Waals surface area (Å²) in [5, 5.41) is 22.5. The number of pyridine rings is 1. The summed E-state index contributed by atoms with van der Waals surface area (Å²) in [6.07, 6.45) is 1.89. The van der Waals surface area contributed by atoms with Crippen LogP contribution in [0, 0.1) is 0 Å².